The van der Waals surface area contributed by atoms with Gasteiger partial charge in [0.1, 0.15) is 5.82 Å². The summed E-state index contributed by atoms with van der Waals surface area (Å²) in [5.41, 5.74) is 3.38. The third-order valence-electron chi connectivity index (χ3n) is 4.85. The van der Waals surface area contributed by atoms with E-state index in [1.807, 2.05) is 36.4 Å². The first-order valence-electron chi connectivity index (χ1n) is 9.33. The van der Waals surface area contributed by atoms with Gasteiger partial charge < -0.3 is 15.2 Å². The summed E-state index contributed by atoms with van der Waals surface area (Å²) >= 11 is 0. The molecule has 0 spiro atoms. The number of amides is 2. The van der Waals surface area contributed by atoms with E-state index in [1.54, 1.807) is 17.0 Å². The highest BCUT2D eigenvalue weighted by Gasteiger charge is 2.19. The average molecular weight is 362 g/mol. The van der Waals surface area contributed by atoms with Crippen LogP contribution in [-0.2, 0) is 11.2 Å². The number of fused-ring (bicyclic) bond motifs is 1. The fourth-order valence-electron chi connectivity index (χ4n) is 3.39. The Morgan fingerprint density at radius 2 is 1.93 bits per heavy atom. The standard InChI is InChI=1S/C21H22N4O2/c26-20-7-3-4-14-25(20)16-10-8-15(9-11-16)21(27)22-13-12-19-23-17-5-1-2-6-18(17)24-19/h1-2,5-6,8-11H,3-4,7,12-14H2,(H,22,27)(H,23,24). The molecule has 2 amide bonds. The van der Waals surface area contributed by atoms with Crippen LogP contribution in [0.2, 0.25) is 0 Å². The topological polar surface area (TPSA) is 78.1 Å². The van der Waals surface area contributed by atoms with Crippen LogP contribution in [0.5, 0.6) is 0 Å². The van der Waals surface area contributed by atoms with Gasteiger partial charge in [-0.1, -0.05) is 12.1 Å². The molecule has 0 aliphatic carbocycles. The van der Waals surface area contributed by atoms with E-state index >= 15 is 0 Å². The lowest BCUT2D eigenvalue weighted by Gasteiger charge is -2.26. The van der Waals surface area contributed by atoms with Gasteiger partial charge in [0.05, 0.1) is 11.0 Å². The molecule has 0 radical (unpaired) electrons. The minimum Gasteiger partial charge on any atom is -0.352 e. The zero-order valence-corrected chi connectivity index (χ0v) is 15.1. The molecule has 1 aromatic heterocycles. The van der Waals surface area contributed by atoms with Crippen LogP contribution in [0.1, 0.15) is 35.4 Å². The molecule has 2 heterocycles. The number of H-pyrrole nitrogens is 1. The van der Waals surface area contributed by atoms with Crippen molar-refractivity contribution >= 4 is 28.5 Å². The maximum Gasteiger partial charge on any atom is 0.251 e. The van der Waals surface area contributed by atoms with Gasteiger partial charge in [-0.15, -0.1) is 0 Å². The van der Waals surface area contributed by atoms with Gasteiger partial charge in [-0.2, -0.15) is 0 Å². The van der Waals surface area contributed by atoms with Crippen molar-refractivity contribution in [1.82, 2.24) is 15.3 Å². The molecular formula is C21H22N4O2. The van der Waals surface area contributed by atoms with Crippen LogP contribution >= 0.6 is 0 Å². The summed E-state index contributed by atoms with van der Waals surface area (Å²) in [5.74, 6) is 0.891. The molecule has 3 aromatic rings. The Hall–Kier alpha value is -3.15. The van der Waals surface area contributed by atoms with Gasteiger partial charge in [0.15, 0.2) is 0 Å². The zero-order chi connectivity index (χ0) is 18.6. The molecule has 0 bridgehead atoms. The molecule has 6 nitrogen and oxygen atoms in total. The second-order valence-electron chi connectivity index (χ2n) is 6.76. The molecule has 1 fully saturated rings. The largest absolute Gasteiger partial charge is 0.352 e. The molecule has 4 rings (SSSR count). The Morgan fingerprint density at radius 3 is 2.70 bits per heavy atom. The van der Waals surface area contributed by atoms with Crippen molar-refractivity contribution in [3.63, 3.8) is 0 Å². The molecule has 0 unspecified atom stereocenters. The van der Waals surface area contributed by atoms with Crippen molar-refractivity contribution < 1.29 is 9.59 Å². The van der Waals surface area contributed by atoms with Gasteiger partial charge in [0, 0.05) is 37.2 Å². The quantitative estimate of drug-likeness (QED) is 0.732. The van der Waals surface area contributed by atoms with Crippen molar-refractivity contribution in [3.05, 3.63) is 59.9 Å². The summed E-state index contributed by atoms with van der Waals surface area (Å²) in [6.07, 6.45) is 3.22. The molecule has 0 atom stereocenters. The van der Waals surface area contributed by atoms with Crippen LogP contribution in [0, 0.1) is 0 Å². The van der Waals surface area contributed by atoms with E-state index in [0.29, 0.717) is 24.9 Å². The number of nitrogens with one attached hydrogen (secondary N) is 2. The Labute approximate surface area is 157 Å². The number of carbonyl (C=O) groups excluding carboxylic acids is 2. The summed E-state index contributed by atoms with van der Waals surface area (Å²) in [6, 6.07) is 15.1. The summed E-state index contributed by atoms with van der Waals surface area (Å²) in [6.45, 7) is 1.26. The van der Waals surface area contributed by atoms with E-state index < -0.39 is 0 Å². The lowest BCUT2D eigenvalue weighted by atomic mass is 10.1. The van der Waals surface area contributed by atoms with Crippen molar-refractivity contribution in [2.45, 2.75) is 25.7 Å². The first-order valence-corrected chi connectivity index (χ1v) is 9.33. The Morgan fingerprint density at radius 1 is 1.11 bits per heavy atom. The van der Waals surface area contributed by atoms with E-state index in [9.17, 15) is 9.59 Å². The smallest absolute Gasteiger partial charge is 0.251 e. The van der Waals surface area contributed by atoms with Crippen molar-refractivity contribution in [2.75, 3.05) is 18.0 Å². The second-order valence-corrected chi connectivity index (χ2v) is 6.76. The SMILES string of the molecule is O=C(NCCc1nc2ccccc2[nH]1)c1ccc(N2CCCCC2=O)cc1. The van der Waals surface area contributed by atoms with Gasteiger partial charge in [0.2, 0.25) is 5.91 Å². The first kappa shape index (κ1) is 17.3. The third-order valence-corrected chi connectivity index (χ3v) is 4.85. The van der Waals surface area contributed by atoms with Gasteiger partial charge in [0.25, 0.3) is 5.91 Å². The summed E-state index contributed by atoms with van der Waals surface area (Å²) in [7, 11) is 0. The van der Waals surface area contributed by atoms with Gasteiger partial charge in [-0.25, -0.2) is 4.98 Å². The van der Waals surface area contributed by atoms with Crippen LogP contribution in [0.3, 0.4) is 0 Å². The van der Waals surface area contributed by atoms with E-state index in [1.165, 1.54) is 0 Å². The predicted octanol–water partition coefficient (Wildman–Crippen LogP) is 3.05. The monoisotopic (exact) mass is 362 g/mol. The number of hydrogen-bond donors (Lipinski definition) is 2. The zero-order valence-electron chi connectivity index (χ0n) is 15.1. The van der Waals surface area contributed by atoms with E-state index in [-0.39, 0.29) is 11.8 Å². The van der Waals surface area contributed by atoms with Crippen molar-refractivity contribution in [2.24, 2.45) is 0 Å². The van der Waals surface area contributed by atoms with E-state index in [2.05, 4.69) is 15.3 Å². The molecule has 1 aliphatic heterocycles. The molecule has 1 aliphatic rings. The maximum absolute atomic E-state index is 12.3. The fraction of sp³-hybridized carbons (Fsp3) is 0.286. The van der Waals surface area contributed by atoms with E-state index in [0.717, 1.165) is 41.9 Å². The number of anilines is 1. The van der Waals surface area contributed by atoms with Crippen LogP contribution in [0.4, 0.5) is 5.69 Å². The molecular weight excluding hydrogens is 340 g/mol. The van der Waals surface area contributed by atoms with Gasteiger partial charge in [-0.05, 0) is 49.2 Å². The number of benzene rings is 2. The summed E-state index contributed by atoms with van der Waals surface area (Å²) < 4.78 is 0. The Balaban J connectivity index is 1.33. The number of nitrogens with zero attached hydrogens (tertiary/aromatic N) is 2. The minimum atomic E-state index is -0.123. The van der Waals surface area contributed by atoms with Crippen molar-refractivity contribution in [1.29, 1.82) is 0 Å². The Bertz CT molecular complexity index is 929. The molecule has 2 aromatic carbocycles. The number of aromatic nitrogens is 2. The van der Waals surface area contributed by atoms with Crippen LogP contribution in [0.15, 0.2) is 48.5 Å². The lowest BCUT2D eigenvalue weighted by Crippen LogP contribution is -2.35. The highest BCUT2D eigenvalue weighted by atomic mass is 16.2. The number of imidazole rings is 1. The number of hydrogen-bond acceptors (Lipinski definition) is 3. The molecule has 6 heteroatoms. The number of carbonyl (C=O) groups is 2. The fourth-order valence-corrected chi connectivity index (χ4v) is 3.39. The van der Waals surface area contributed by atoms with E-state index in [4.69, 9.17) is 0 Å². The number of rotatable bonds is 5. The molecule has 0 saturated carbocycles. The van der Waals surface area contributed by atoms with Gasteiger partial charge >= 0.3 is 0 Å². The maximum atomic E-state index is 12.3. The molecule has 2 N–H and O–H groups in total. The molecule has 1 saturated heterocycles. The molecule has 138 valence electrons. The second kappa shape index (κ2) is 7.61. The highest BCUT2D eigenvalue weighted by Crippen LogP contribution is 2.21. The lowest BCUT2D eigenvalue weighted by molar-refractivity contribution is -0.119. The third kappa shape index (κ3) is 3.84. The Kier molecular flexibility index (Phi) is 4.87. The molecule has 27 heavy (non-hydrogen) atoms. The summed E-state index contributed by atoms with van der Waals surface area (Å²) in [4.78, 5) is 33.9. The number of piperidine rings is 1. The average Bonchev–Trinajstić information content (AvgIpc) is 3.11. The highest BCUT2D eigenvalue weighted by molar-refractivity contribution is 5.96. The van der Waals surface area contributed by atoms with Gasteiger partial charge in [-0.3, -0.25) is 9.59 Å². The first-order chi connectivity index (χ1) is 13.2. The number of aromatic amines is 1. The number of para-hydroxylation sites is 2. The summed E-state index contributed by atoms with van der Waals surface area (Å²) in [5, 5.41) is 2.92. The predicted molar refractivity (Wildman–Crippen MR) is 105 cm³/mol. The van der Waals surface area contributed by atoms with Crippen LogP contribution < -0.4 is 10.2 Å². The minimum absolute atomic E-state index is 0.123. The van der Waals surface area contributed by atoms with Crippen LogP contribution in [-0.4, -0.2) is 34.9 Å². The normalized spacial score (nSPS) is 14.5. The van der Waals surface area contributed by atoms with Crippen molar-refractivity contribution in [3.8, 4) is 0 Å². The van der Waals surface area contributed by atoms with Crippen LogP contribution in [0.25, 0.3) is 11.0 Å².